The number of hydrogen-bond acceptors (Lipinski definition) is 4. The molecule has 0 fully saturated rings. The summed E-state index contributed by atoms with van der Waals surface area (Å²) in [5.41, 5.74) is 6.07. The Kier molecular flexibility index (Phi) is 3.78. The van der Waals surface area contributed by atoms with Crippen LogP contribution < -0.4 is 10.6 Å². The summed E-state index contributed by atoms with van der Waals surface area (Å²) < 4.78 is 0. The van der Waals surface area contributed by atoms with Crippen molar-refractivity contribution in [3.8, 4) is 0 Å². The van der Waals surface area contributed by atoms with Crippen molar-refractivity contribution in [3.05, 3.63) is 29.8 Å². The maximum atomic E-state index is 11.0. The zero-order chi connectivity index (χ0) is 14.0. The van der Waals surface area contributed by atoms with Gasteiger partial charge in [-0.25, -0.2) is 4.79 Å². The van der Waals surface area contributed by atoms with Crippen LogP contribution in [0, 0.1) is 0 Å². The molecule has 0 saturated heterocycles. The molecule has 4 N–H and O–H groups in total. The van der Waals surface area contributed by atoms with E-state index in [1.807, 2.05) is 29.2 Å². The molecule has 2 atom stereocenters. The first-order valence-electron chi connectivity index (χ1n) is 6.45. The lowest BCUT2D eigenvalue weighted by Crippen LogP contribution is -2.46. The second-order valence-corrected chi connectivity index (χ2v) is 5.29. The third-order valence-electron chi connectivity index (χ3n) is 3.63. The molecule has 1 aromatic rings. The van der Waals surface area contributed by atoms with Gasteiger partial charge in [-0.3, -0.25) is 0 Å². The molecule has 2 rings (SSSR count). The molecule has 104 valence electrons. The number of carboxylic acid groups (broad SMARTS) is 1. The number of carbonyl (C=O) groups is 1. The van der Waals surface area contributed by atoms with E-state index in [4.69, 9.17) is 10.8 Å². The van der Waals surface area contributed by atoms with Gasteiger partial charge in [0.25, 0.3) is 0 Å². The molecule has 2 unspecified atom stereocenters. The molecule has 0 amide bonds. The van der Waals surface area contributed by atoms with E-state index in [-0.39, 0.29) is 6.54 Å². The number of benzene rings is 1. The van der Waals surface area contributed by atoms with Crippen LogP contribution >= 0.6 is 0 Å². The number of hydrogen-bond donors (Lipinski definition) is 3. The molecule has 5 heteroatoms. The molecule has 0 saturated carbocycles. The van der Waals surface area contributed by atoms with Gasteiger partial charge in [-0.15, -0.1) is 0 Å². The number of rotatable bonds is 5. The summed E-state index contributed by atoms with van der Waals surface area (Å²) in [7, 11) is 0. The van der Waals surface area contributed by atoms with E-state index in [0.29, 0.717) is 19.0 Å². The normalized spacial score (nSPS) is 21.0. The summed E-state index contributed by atoms with van der Waals surface area (Å²) >= 11 is 0. The molecule has 0 spiro atoms. The van der Waals surface area contributed by atoms with Gasteiger partial charge in [0.15, 0.2) is 5.60 Å². The number of aliphatic hydroxyl groups is 1. The number of fused-ring (bicyclic) bond motifs is 1. The predicted molar refractivity (Wildman–Crippen MR) is 73.3 cm³/mol. The van der Waals surface area contributed by atoms with Crippen molar-refractivity contribution in [2.24, 2.45) is 5.73 Å². The van der Waals surface area contributed by atoms with Gasteiger partial charge in [-0.05, 0) is 31.5 Å². The maximum absolute atomic E-state index is 11.0. The largest absolute Gasteiger partial charge is 0.479 e. The van der Waals surface area contributed by atoms with Crippen LogP contribution in [-0.4, -0.2) is 41.4 Å². The van der Waals surface area contributed by atoms with Gasteiger partial charge in [-0.1, -0.05) is 18.2 Å². The Morgan fingerprint density at radius 3 is 2.84 bits per heavy atom. The summed E-state index contributed by atoms with van der Waals surface area (Å²) in [6, 6.07) is 7.91. The van der Waals surface area contributed by atoms with Gasteiger partial charge >= 0.3 is 5.97 Å². The van der Waals surface area contributed by atoms with Gasteiger partial charge in [0.05, 0.1) is 6.54 Å². The van der Waals surface area contributed by atoms with Crippen LogP contribution in [0.5, 0.6) is 0 Å². The highest BCUT2D eigenvalue weighted by molar-refractivity contribution is 5.78. The lowest BCUT2D eigenvalue weighted by molar-refractivity contribution is -0.155. The fourth-order valence-electron chi connectivity index (χ4n) is 2.62. The number of nitrogens with zero attached hydrogens (tertiary/aromatic N) is 1. The average molecular weight is 264 g/mol. The molecule has 1 aliphatic rings. The first kappa shape index (κ1) is 13.8. The molecule has 1 heterocycles. The topological polar surface area (TPSA) is 86.8 Å². The van der Waals surface area contributed by atoms with Crippen molar-refractivity contribution in [1.82, 2.24) is 0 Å². The summed E-state index contributed by atoms with van der Waals surface area (Å²) in [5.74, 6) is -0.891. The molecular weight excluding hydrogens is 244 g/mol. The summed E-state index contributed by atoms with van der Waals surface area (Å²) in [4.78, 5) is 13.0. The first-order valence-corrected chi connectivity index (χ1v) is 6.45. The molecule has 19 heavy (non-hydrogen) atoms. The molecule has 0 aromatic heterocycles. The third kappa shape index (κ3) is 2.72. The van der Waals surface area contributed by atoms with Crippen LogP contribution in [0.4, 0.5) is 5.69 Å². The quantitative estimate of drug-likeness (QED) is 0.731. The van der Waals surface area contributed by atoms with Gasteiger partial charge in [-0.2, -0.15) is 0 Å². The van der Waals surface area contributed by atoms with Crippen LogP contribution in [-0.2, 0) is 4.79 Å². The molecule has 0 bridgehead atoms. The zero-order valence-corrected chi connectivity index (χ0v) is 11.0. The highest BCUT2D eigenvalue weighted by Crippen LogP contribution is 2.38. The Bertz CT molecular complexity index is 474. The average Bonchev–Trinajstić information content (AvgIpc) is 2.68. The lowest BCUT2D eigenvalue weighted by atomic mass is 9.98. The van der Waals surface area contributed by atoms with Gasteiger partial charge < -0.3 is 20.8 Å². The SMILES string of the molecule is CC(O)(CN1CC(CCN)c2ccccc21)C(=O)O. The minimum atomic E-state index is -1.75. The highest BCUT2D eigenvalue weighted by atomic mass is 16.4. The van der Waals surface area contributed by atoms with Crippen molar-refractivity contribution < 1.29 is 15.0 Å². The van der Waals surface area contributed by atoms with Crippen LogP contribution in [0.25, 0.3) is 0 Å². The van der Waals surface area contributed by atoms with E-state index in [9.17, 15) is 9.90 Å². The van der Waals surface area contributed by atoms with Crippen molar-refractivity contribution in [2.75, 3.05) is 24.5 Å². The Morgan fingerprint density at radius 2 is 2.21 bits per heavy atom. The molecule has 0 aliphatic carbocycles. The van der Waals surface area contributed by atoms with Crippen LogP contribution in [0.2, 0.25) is 0 Å². The minimum absolute atomic E-state index is 0.0837. The van der Waals surface area contributed by atoms with E-state index < -0.39 is 11.6 Å². The Balaban J connectivity index is 2.23. The van der Waals surface area contributed by atoms with Gasteiger partial charge in [0.1, 0.15) is 0 Å². The summed E-state index contributed by atoms with van der Waals surface area (Å²) in [5, 5.41) is 19.0. The maximum Gasteiger partial charge on any atom is 0.337 e. The number of carboxylic acids is 1. The Hall–Kier alpha value is -1.59. The minimum Gasteiger partial charge on any atom is -0.479 e. The molecule has 0 radical (unpaired) electrons. The van der Waals surface area contributed by atoms with Gasteiger partial charge in [0, 0.05) is 18.2 Å². The van der Waals surface area contributed by atoms with E-state index >= 15 is 0 Å². The van der Waals surface area contributed by atoms with E-state index in [0.717, 1.165) is 12.1 Å². The fourth-order valence-corrected chi connectivity index (χ4v) is 2.62. The van der Waals surface area contributed by atoms with Crippen molar-refractivity contribution in [2.45, 2.75) is 24.9 Å². The van der Waals surface area contributed by atoms with Crippen molar-refractivity contribution in [3.63, 3.8) is 0 Å². The summed E-state index contributed by atoms with van der Waals surface area (Å²) in [6.07, 6.45) is 0.864. The monoisotopic (exact) mass is 264 g/mol. The number of para-hydroxylation sites is 1. The molecule has 1 aliphatic heterocycles. The smallest absolute Gasteiger partial charge is 0.337 e. The van der Waals surface area contributed by atoms with E-state index in [1.54, 1.807) is 0 Å². The molecular formula is C14H20N2O3. The number of aliphatic carboxylic acids is 1. The number of anilines is 1. The third-order valence-corrected chi connectivity index (χ3v) is 3.63. The van der Waals surface area contributed by atoms with Crippen molar-refractivity contribution in [1.29, 1.82) is 0 Å². The molecule has 1 aromatic carbocycles. The Morgan fingerprint density at radius 1 is 1.53 bits per heavy atom. The second kappa shape index (κ2) is 5.19. The summed E-state index contributed by atoms with van der Waals surface area (Å²) in [6.45, 7) is 2.72. The van der Waals surface area contributed by atoms with E-state index in [1.165, 1.54) is 12.5 Å². The standard InChI is InChI=1S/C14H20N2O3/c1-14(19,13(17)18)9-16-8-10(6-7-15)11-4-2-3-5-12(11)16/h2-5,10,19H,6-9,15H2,1H3,(H,17,18). The first-order chi connectivity index (χ1) is 8.95. The molecule has 5 nitrogen and oxygen atoms in total. The predicted octanol–water partition coefficient (Wildman–Crippen LogP) is 0.775. The fraction of sp³-hybridized carbons (Fsp3) is 0.500. The lowest BCUT2D eigenvalue weighted by Gasteiger charge is -2.27. The number of β-amino-alcohol motifs (C(OH)–C–C–N with tert-alkyl or cyclic N) is 1. The van der Waals surface area contributed by atoms with Crippen LogP contribution in [0.1, 0.15) is 24.8 Å². The zero-order valence-electron chi connectivity index (χ0n) is 11.0. The van der Waals surface area contributed by atoms with Gasteiger partial charge in [0.2, 0.25) is 0 Å². The van der Waals surface area contributed by atoms with Crippen molar-refractivity contribution >= 4 is 11.7 Å². The van der Waals surface area contributed by atoms with Crippen LogP contribution in [0.3, 0.4) is 0 Å². The highest BCUT2D eigenvalue weighted by Gasteiger charge is 2.36. The van der Waals surface area contributed by atoms with E-state index in [2.05, 4.69) is 0 Å². The second-order valence-electron chi connectivity index (χ2n) is 5.29. The number of nitrogens with two attached hydrogens (primary N) is 1. The van der Waals surface area contributed by atoms with Crippen LogP contribution in [0.15, 0.2) is 24.3 Å². The Labute approximate surface area is 112 Å².